The van der Waals surface area contributed by atoms with Gasteiger partial charge < -0.3 is 19.5 Å². The van der Waals surface area contributed by atoms with Crippen LogP contribution in [0.3, 0.4) is 0 Å². The number of hydrogen-bond donors (Lipinski definition) is 1. The second-order valence-corrected chi connectivity index (χ2v) is 8.16. The van der Waals surface area contributed by atoms with Gasteiger partial charge in [0.2, 0.25) is 5.91 Å². The molecule has 0 radical (unpaired) electrons. The fourth-order valence-corrected chi connectivity index (χ4v) is 4.21. The first-order valence-electron chi connectivity index (χ1n) is 9.85. The van der Waals surface area contributed by atoms with Gasteiger partial charge in [0.25, 0.3) is 0 Å². The number of likely N-dealkylation sites (tertiary alicyclic amines) is 1. The van der Waals surface area contributed by atoms with Gasteiger partial charge in [-0.3, -0.25) is 9.59 Å². The summed E-state index contributed by atoms with van der Waals surface area (Å²) >= 11 is 0. The summed E-state index contributed by atoms with van der Waals surface area (Å²) in [5, 5.41) is 9.73. The van der Waals surface area contributed by atoms with Crippen LogP contribution in [0.2, 0.25) is 0 Å². The Morgan fingerprint density at radius 1 is 1.00 bits per heavy atom. The van der Waals surface area contributed by atoms with E-state index in [9.17, 15) is 14.7 Å². The van der Waals surface area contributed by atoms with Crippen LogP contribution < -0.4 is 9.47 Å². The molecule has 1 N–H and O–H groups in total. The molecule has 6 heteroatoms. The molecule has 1 fully saturated rings. The summed E-state index contributed by atoms with van der Waals surface area (Å²) in [5.74, 6) is -0.461. The fraction of sp³-hybridized carbons (Fsp3) is 0.391. The van der Waals surface area contributed by atoms with Crippen molar-refractivity contribution in [1.82, 2.24) is 4.90 Å². The van der Waals surface area contributed by atoms with Crippen LogP contribution in [0.25, 0.3) is 0 Å². The van der Waals surface area contributed by atoms with E-state index in [1.807, 2.05) is 62.4 Å². The van der Waals surface area contributed by atoms with Crippen LogP contribution in [0.5, 0.6) is 11.5 Å². The number of nitrogens with zero attached hydrogens (tertiary/aromatic N) is 1. The maximum Gasteiger partial charge on any atom is 0.308 e. The van der Waals surface area contributed by atoms with Crippen LogP contribution in [0, 0.1) is 5.92 Å². The van der Waals surface area contributed by atoms with Crippen LogP contribution >= 0.6 is 0 Å². The molecule has 2 aliphatic heterocycles. The largest absolute Gasteiger partial charge is 0.486 e. The minimum absolute atomic E-state index is 0.0844. The zero-order chi connectivity index (χ0) is 20.6. The molecule has 1 saturated heterocycles. The summed E-state index contributed by atoms with van der Waals surface area (Å²) < 4.78 is 11.2. The van der Waals surface area contributed by atoms with Gasteiger partial charge in [-0.25, -0.2) is 0 Å². The number of aliphatic carboxylic acids is 1. The van der Waals surface area contributed by atoms with Crippen molar-refractivity contribution in [2.75, 3.05) is 26.3 Å². The highest BCUT2D eigenvalue weighted by Gasteiger charge is 2.44. The number of carbonyl (C=O) groups is 2. The summed E-state index contributed by atoms with van der Waals surface area (Å²) in [7, 11) is 0. The van der Waals surface area contributed by atoms with Crippen LogP contribution in [0.1, 0.15) is 30.9 Å². The average Bonchev–Trinajstić information content (AvgIpc) is 3.19. The smallest absolute Gasteiger partial charge is 0.308 e. The molecule has 1 amide bonds. The Morgan fingerprint density at radius 2 is 1.69 bits per heavy atom. The van der Waals surface area contributed by atoms with Crippen molar-refractivity contribution in [3.05, 3.63) is 59.7 Å². The van der Waals surface area contributed by atoms with Crippen LogP contribution in [0.4, 0.5) is 0 Å². The molecule has 0 aliphatic carbocycles. The van der Waals surface area contributed by atoms with Crippen molar-refractivity contribution in [2.45, 2.75) is 25.2 Å². The van der Waals surface area contributed by atoms with E-state index in [1.54, 1.807) is 4.90 Å². The van der Waals surface area contributed by atoms with Crippen molar-refractivity contribution in [3.8, 4) is 11.5 Å². The van der Waals surface area contributed by atoms with Gasteiger partial charge in [0.15, 0.2) is 11.5 Å². The lowest BCUT2D eigenvalue weighted by Gasteiger charge is -2.31. The monoisotopic (exact) mass is 395 g/mol. The van der Waals surface area contributed by atoms with Gasteiger partial charge in [-0.15, -0.1) is 0 Å². The van der Waals surface area contributed by atoms with E-state index < -0.39 is 17.3 Å². The molecule has 6 nitrogen and oxygen atoms in total. The Bertz CT molecular complexity index is 924. The number of hydrogen-bond acceptors (Lipinski definition) is 4. The average molecular weight is 395 g/mol. The normalized spacial score (nSPS) is 21.1. The second kappa shape index (κ2) is 7.43. The lowest BCUT2D eigenvalue weighted by molar-refractivity contribution is -0.142. The van der Waals surface area contributed by atoms with E-state index in [1.165, 1.54) is 0 Å². The van der Waals surface area contributed by atoms with Crippen molar-refractivity contribution in [2.24, 2.45) is 5.92 Å². The van der Waals surface area contributed by atoms with Gasteiger partial charge >= 0.3 is 5.97 Å². The number of carboxylic acids is 1. The lowest BCUT2D eigenvalue weighted by Crippen LogP contribution is -2.42. The Labute approximate surface area is 170 Å². The molecular formula is C23H25NO5. The van der Waals surface area contributed by atoms with Crippen molar-refractivity contribution in [1.29, 1.82) is 0 Å². The van der Waals surface area contributed by atoms with Crippen molar-refractivity contribution in [3.63, 3.8) is 0 Å². The van der Waals surface area contributed by atoms with Gasteiger partial charge in [-0.2, -0.15) is 0 Å². The van der Waals surface area contributed by atoms with Crippen LogP contribution in [-0.4, -0.2) is 48.2 Å². The summed E-state index contributed by atoms with van der Waals surface area (Å²) in [6.45, 7) is 5.34. The minimum atomic E-state index is -0.869. The fourth-order valence-electron chi connectivity index (χ4n) is 4.21. The molecule has 0 unspecified atom stereocenters. The first kappa shape index (κ1) is 19.3. The van der Waals surface area contributed by atoms with E-state index in [0.29, 0.717) is 31.3 Å². The molecule has 0 aromatic heterocycles. The molecule has 2 aliphatic rings. The third-order valence-electron chi connectivity index (χ3n) is 5.95. The zero-order valence-electron chi connectivity index (χ0n) is 16.6. The molecule has 2 aromatic carbocycles. The third kappa shape index (κ3) is 3.55. The van der Waals surface area contributed by atoms with Gasteiger partial charge in [0.1, 0.15) is 13.2 Å². The van der Waals surface area contributed by atoms with E-state index in [0.717, 1.165) is 11.1 Å². The Hall–Kier alpha value is -3.02. The molecule has 2 aromatic rings. The number of carbonyl (C=O) groups excluding carboxylic acids is 1. The maximum absolute atomic E-state index is 13.4. The molecule has 0 spiro atoms. The Morgan fingerprint density at radius 3 is 2.38 bits per heavy atom. The molecule has 0 bridgehead atoms. The third-order valence-corrected chi connectivity index (χ3v) is 5.95. The number of fused-ring (bicyclic) bond motifs is 1. The molecule has 2 heterocycles. The summed E-state index contributed by atoms with van der Waals surface area (Å²) in [6.07, 6.45) is 0. The predicted molar refractivity (Wildman–Crippen MR) is 107 cm³/mol. The summed E-state index contributed by atoms with van der Waals surface area (Å²) in [6, 6.07) is 15.1. The molecule has 0 saturated carbocycles. The summed E-state index contributed by atoms with van der Waals surface area (Å²) in [5.41, 5.74) is 0.957. The lowest BCUT2D eigenvalue weighted by atomic mass is 9.83. The quantitative estimate of drug-likeness (QED) is 0.861. The highest BCUT2D eigenvalue weighted by atomic mass is 16.6. The van der Waals surface area contributed by atoms with Gasteiger partial charge in [-0.1, -0.05) is 36.4 Å². The second-order valence-electron chi connectivity index (χ2n) is 8.16. The van der Waals surface area contributed by atoms with Crippen LogP contribution in [0.15, 0.2) is 48.5 Å². The maximum atomic E-state index is 13.4. The van der Waals surface area contributed by atoms with Crippen molar-refractivity contribution < 1.29 is 24.2 Å². The van der Waals surface area contributed by atoms with Crippen molar-refractivity contribution >= 4 is 11.9 Å². The molecular weight excluding hydrogens is 370 g/mol. The van der Waals surface area contributed by atoms with E-state index >= 15 is 0 Å². The topological polar surface area (TPSA) is 76.1 Å². The predicted octanol–water partition coefficient (Wildman–Crippen LogP) is 3.06. The highest BCUT2D eigenvalue weighted by molar-refractivity contribution is 5.89. The first-order chi connectivity index (χ1) is 13.9. The number of carboxylic acid groups (broad SMARTS) is 1. The SMILES string of the molecule is CC(C)(C(=O)N1C[C@H](C(=O)O)[C@H](c2ccccc2)C1)c1ccc2c(c1)OCCO2. The summed E-state index contributed by atoms with van der Waals surface area (Å²) in [4.78, 5) is 27.0. The van der Waals surface area contributed by atoms with E-state index in [-0.39, 0.29) is 18.4 Å². The van der Waals surface area contributed by atoms with E-state index in [4.69, 9.17) is 9.47 Å². The first-order valence-corrected chi connectivity index (χ1v) is 9.85. The molecule has 152 valence electrons. The molecule has 2 atom stereocenters. The van der Waals surface area contributed by atoms with Gasteiger partial charge in [0, 0.05) is 19.0 Å². The molecule has 29 heavy (non-hydrogen) atoms. The number of rotatable bonds is 4. The van der Waals surface area contributed by atoms with Crippen LogP contribution in [-0.2, 0) is 15.0 Å². The number of ether oxygens (including phenoxy) is 2. The standard InChI is InChI=1S/C23H25NO5/c1-23(2,16-8-9-19-20(12-16)29-11-10-28-19)22(27)24-13-17(18(14-24)21(25)26)15-6-4-3-5-7-15/h3-9,12,17-18H,10-11,13-14H2,1-2H3,(H,25,26)/t17-,18-/m0/s1. The Balaban J connectivity index is 1.59. The molecule has 4 rings (SSSR count). The minimum Gasteiger partial charge on any atom is -0.486 e. The zero-order valence-corrected chi connectivity index (χ0v) is 16.6. The number of amides is 1. The van der Waals surface area contributed by atoms with Gasteiger partial charge in [0.05, 0.1) is 11.3 Å². The van der Waals surface area contributed by atoms with E-state index in [2.05, 4.69) is 0 Å². The Kier molecular flexibility index (Phi) is 4.94. The number of benzene rings is 2. The highest BCUT2D eigenvalue weighted by Crippen LogP contribution is 2.39. The van der Waals surface area contributed by atoms with Gasteiger partial charge in [-0.05, 0) is 37.1 Å².